The first-order valence-corrected chi connectivity index (χ1v) is 12.2. The van der Waals surface area contributed by atoms with Crippen LogP contribution in [0.15, 0.2) is 67.5 Å². The van der Waals surface area contributed by atoms with Crippen LogP contribution in [-0.2, 0) is 6.54 Å². The van der Waals surface area contributed by atoms with Crippen LogP contribution in [0.25, 0.3) is 28.0 Å². The molecule has 8 heteroatoms. The smallest absolute Gasteiger partial charge is 0.118 e. The molecule has 4 aromatic heterocycles. The maximum atomic E-state index is 5.25. The minimum Gasteiger partial charge on any atom is -0.497 e. The lowest BCUT2D eigenvalue weighted by Crippen LogP contribution is -2.21. The highest BCUT2D eigenvalue weighted by Gasteiger charge is 2.24. The van der Waals surface area contributed by atoms with E-state index in [1.54, 1.807) is 7.11 Å². The number of aromatic nitrogens is 7. The maximum Gasteiger partial charge on any atom is 0.118 e. The van der Waals surface area contributed by atoms with Crippen molar-refractivity contribution >= 4 is 5.52 Å². The summed E-state index contributed by atoms with van der Waals surface area (Å²) in [5, 5.41) is 13.8. The molecule has 5 aromatic rings. The summed E-state index contributed by atoms with van der Waals surface area (Å²) in [5.41, 5.74) is 5.80. The molecule has 1 aliphatic carbocycles. The summed E-state index contributed by atoms with van der Waals surface area (Å²) in [6.07, 6.45) is 16.8. The van der Waals surface area contributed by atoms with Gasteiger partial charge >= 0.3 is 0 Å². The molecule has 1 saturated carbocycles. The second-order valence-corrected chi connectivity index (χ2v) is 9.45. The van der Waals surface area contributed by atoms with Crippen molar-refractivity contribution in [3.8, 4) is 28.3 Å². The van der Waals surface area contributed by atoms with Crippen molar-refractivity contribution in [1.82, 2.24) is 34.2 Å². The van der Waals surface area contributed by atoms with Crippen molar-refractivity contribution < 1.29 is 4.74 Å². The fraction of sp³-hybridized carbons (Fsp3) is 0.333. The van der Waals surface area contributed by atoms with Crippen molar-refractivity contribution in [3.05, 3.63) is 73.1 Å². The van der Waals surface area contributed by atoms with E-state index in [0.717, 1.165) is 39.3 Å². The third-order valence-electron chi connectivity index (χ3n) is 7.10. The average Bonchev–Trinajstić information content (AvgIpc) is 3.65. The zero-order chi connectivity index (χ0) is 23.8. The summed E-state index contributed by atoms with van der Waals surface area (Å²) >= 11 is 0. The minimum atomic E-state index is 0.456. The molecule has 6 rings (SSSR count). The van der Waals surface area contributed by atoms with Crippen molar-refractivity contribution in [2.75, 3.05) is 7.11 Å². The van der Waals surface area contributed by atoms with Gasteiger partial charge in [-0.05, 0) is 42.5 Å². The van der Waals surface area contributed by atoms with Gasteiger partial charge in [-0.1, -0.05) is 31.9 Å². The van der Waals surface area contributed by atoms with Crippen LogP contribution in [-0.4, -0.2) is 41.3 Å². The summed E-state index contributed by atoms with van der Waals surface area (Å²) in [6.45, 7) is 3.01. The predicted octanol–water partition coefficient (Wildman–Crippen LogP) is 5.26. The van der Waals surface area contributed by atoms with Crippen molar-refractivity contribution in [2.24, 2.45) is 5.92 Å². The van der Waals surface area contributed by atoms with Gasteiger partial charge in [0.15, 0.2) is 0 Å². The molecule has 2 atom stereocenters. The lowest BCUT2D eigenvalue weighted by molar-refractivity contribution is 0.240. The van der Waals surface area contributed by atoms with E-state index < -0.39 is 0 Å². The summed E-state index contributed by atoms with van der Waals surface area (Å²) in [7, 11) is 1.67. The quantitative estimate of drug-likeness (QED) is 0.340. The SMILES string of the molecule is COc1ccc(Cn2cc(-c3cn4nccc4c(-c4cnn(C5CCCCC5C)c4)n3)cn2)cc1. The summed E-state index contributed by atoms with van der Waals surface area (Å²) in [4.78, 5) is 5.05. The summed E-state index contributed by atoms with van der Waals surface area (Å²) < 4.78 is 11.2. The van der Waals surface area contributed by atoms with E-state index in [2.05, 4.69) is 40.1 Å². The van der Waals surface area contributed by atoms with Gasteiger partial charge in [-0.2, -0.15) is 15.3 Å². The second kappa shape index (κ2) is 9.02. The lowest BCUT2D eigenvalue weighted by Gasteiger charge is -2.28. The molecule has 0 bridgehead atoms. The Morgan fingerprint density at radius 2 is 1.74 bits per heavy atom. The Morgan fingerprint density at radius 3 is 2.57 bits per heavy atom. The molecule has 1 aliphatic rings. The fourth-order valence-electron chi connectivity index (χ4n) is 5.11. The maximum absolute atomic E-state index is 5.25. The number of fused-ring (bicyclic) bond motifs is 1. The number of benzene rings is 1. The normalized spacial score (nSPS) is 18.2. The van der Waals surface area contributed by atoms with Gasteiger partial charge in [0.1, 0.15) is 5.75 Å². The zero-order valence-corrected chi connectivity index (χ0v) is 20.1. The molecule has 0 radical (unpaired) electrons. The van der Waals surface area contributed by atoms with Gasteiger partial charge in [0, 0.05) is 23.5 Å². The first-order valence-electron chi connectivity index (χ1n) is 12.2. The average molecular weight is 468 g/mol. The molecule has 8 nitrogen and oxygen atoms in total. The Kier molecular flexibility index (Phi) is 5.56. The van der Waals surface area contributed by atoms with E-state index in [0.29, 0.717) is 18.5 Å². The number of ether oxygens (including phenoxy) is 1. The van der Waals surface area contributed by atoms with Crippen molar-refractivity contribution in [3.63, 3.8) is 0 Å². The molecule has 0 aliphatic heterocycles. The Balaban J connectivity index is 1.31. The molecule has 0 spiro atoms. The number of hydrogen-bond donors (Lipinski definition) is 0. The van der Waals surface area contributed by atoms with Crippen LogP contribution in [0.5, 0.6) is 5.75 Å². The van der Waals surface area contributed by atoms with Crippen molar-refractivity contribution in [1.29, 1.82) is 0 Å². The summed E-state index contributed by atoms with van der Waals surface area (Å²) in [6, 6.07) is 10.5. The van der Waals surface area contributed by atoms with Gasteiger partial charge < -0.3 is 4.74 Å². The van der Waals surface area contributed by atoms with Crippen LogP contribution >= 0.6 is 0 Å². The van der Waals surface area contributed by atoms with Gasteiger partial charge in [0.05, 0.1) is 61.4 Å². The van der Waals surface area contributed by atoms with Gasteiger partial charge in [-0.15, -0.1) is 0 Å². The molecular weight excluding hydrogens is 438 g/mol. The molecule has 178 valence electrons. The molecule has 0 N–H and O–H groups in total. The van der Waals surface area contributed by atoms with E-state index in [1.165, 1.54) is 25.7 Å². The Morgan fingerprint density at radius 1 is 0.914 bits per heavy atom. The van der Waals surface area contributed by atoms with Crippen molar-refractivity contribution in [2.45, 2.75) is 45.2 Å². The van der Waals surface area contributed by atoms with Gasteiger partial charge in [0.25, 0.3) is 0 Å². The van der Waals surface area contributed by atoms with Crippen LogP contribution in [0.2, 0.25) is 0 Å². The minimum absolute atomic E-state index is 0.456. The first kappa shape index (κ1) is 21.6. The molecule has 0 amide bonds. The molecule has 35 heavy (non-hydrogen) atoms. The first-order chi connectivity index (χ1) is 17.2. The number of methoxy groups -OCH3 is 1. The van der Waals surface area contributed by atoms with Crippen LogP contribution in [0.1, 0.15) is 44.2 Å². The van der Waals surface area contributed by atoms with Crippen LogP contribution in [0.4, 0.5) is 0 Å². The Hall–Kier alpha value is -3.94. The Labute approximate surface area is 204 Å². The zero-order valence-electron chi connectivity index (χ0n) is 20.1. The van der Waals surface area contributed by atoms with E-state index in [-0.39, 0.29) is 0 Å². The monoisotopic (exact) mass is 467 g/mol. The molecule has 0 saturated heterocycles. The van der Waals surface area contributed by atoms with Crippen LogP contribution in [0, 0.1) is 5.92 Å². The van der Waals surface area contributed by atoms with Crippen LogP contribution < -0.4 is 4.74 Å². The van der Waals surface area contributed by atoms with E-state index in [4.69, 9.17) is 14.8 Å². The van der Waals surface area contributed by atoms with E-state index >= 15 is 0 Å². The van der Waals surface area contributed by atoms with Crippen LogP contribution in [0.3, 0.4) is 0 Å². The number of hydrogen-bond acceptors (Lipinski definition) is 5. The molecule has 1 fully saturated rings. The highest BCUT2D eigenvalue weighted by molar-refractivity contribution is 5.78. The van der Waals surface area contributed by atoms with Gasteiger partial charge in [-0.3, -0.25) is 9.36 Å². The second-order valence-electron chi connectivity index (χ2n) is 9.45. The third-order valence-corrected chi connectivity index (χ3v) is 7.10. The van der Waals surface area contributed by atoms with E-state index in [9.17, 15) is 0 Å². The highest BCUT2D eigenvalue weighted by Crippen LogP contribution is 2.34. The number of nitrogens with zero attached hydrogens (tertiary/aromatic N) is 7. The topological polar surface area (TPSA) is 75.1 Å². The standard InChI is InChI=1S/C27H29N7O/c1-19-5-3-4-6-25(19)33-17-22(14-30-33)27-26-11-12-28-34(26)18-24(31-27)21-13-29-32(16-21)15-20-7-9-23(35-2)10-8-20/h7-14,16-19,25H,3-6,15H2,1-2H3. The fourth-order valence-corrected chi connectivity index (χ4v) is 5.11. The molecular formula is C27H29N7O. The van der Waals surface area contributed by atoms with Gasteiger partial charge in [-0.25, -0.2) is 9.50 Å². The molecule has 2 unspecified atom stereocenters. The van der Waals surface area contributed by atoms with Gasteiger partial charge in [0.2, 0.25) is 0 Å². The number of rotatable bonds is 6. The van der Waals surface area contributed by atoms with E-state index in [1.807, 2.05) is 58.4 Å². The largest absolute Gasteiger partial charge is 0.497 e. The molecule has 1 aromatic carbocycles. The Bertz CT molecular complexity index is 1450. The third kappa shape index (κ3) is 4.20. The lowest BCUT2D eigenvalue weighted by atomic mass is 9.86. The molecule has 4 heterocycles. The summed E-state index contributed by atoms with van der Waals surface area (Å²) in [5.74, 6) is 1.49. The highest BCUT2D eigenvalue weighted by atomic mass is 16.5. The predicted molar refractivity (Wildman–Crippen MR) is 134 cm³/mol.